The van der Waals surface area contributed by atoms with Gasteiger partial charge in [0.2, 0.25) is 0 Å². The molecule has 0 spiro atoms. The zero-order chi connectivity index (χ0) is 20.1. The predicted molar refractivity (Wildman–Crippen MR) is 107 cm³/mol. The molecule has 1 heterocycles. The molecule has 2 aliphatic carbocycles. The van der Waals surface area contributed by atoms with Crippen LogP contribution in [0.1, 0.15) is 97.3 Å². The molecule has 160 valence electrons. The van der Waals surface area contributed by atoms with E-state index in [1.54, 1.807) is 0 Å². The number of hydrogen-bond acceptors (Lipinski definition) is 4. The zero-order valence-corrected chi connectivity index (χ0v) is 17.7. The van der Waals surface area contributed by atoms with Gasteiger partial charge in [0.25, 0.3) is 0 Å². The summed E-state index contributed by atoms with van der Waals surface area (Å²) in [6.07, 6.45) is 14.1. The number of unbranched alkanes of at least 4 members (excludes halogenated alkanes) is 5. The second kappa shape index (κ2) is 9.60. The first-order chi connectivity index (χ1) is 13.4. The van der Waals surface area contributed by atoms with E-state index >= 15 is 0 Å². The molecule has 0 amide bonds. The molecule has 0 aromatic carbocycles. The minimum atomic E-state index is -0.895. The smallest absolute Gasteiger partial charge is 0.310 e. The second-order valence-corrected chi connectivity index (χ2v) is 9.47. The number of hydrogen-bond donors (Lipinski definition) is 1. The van der Waals surface area contributed by atoms with Gasteiger partial charge in [0, 0.05) is 0 Å². The van der Waals surface area contributed by atoms with Gasteiger partial charge in [-0.05, 0) is 51.4 Å². The number of carboxylic acid groups (broad SMARTS) is 1. The molecule has 0 aromatic rings. The van der Waals surface area contributed by atoms with E-state index in [1.807, 2.05) is 0 Å². The maximum atomic E-state index is 13.0. The summed E-state index contributed by atoms with van der Waals surface area (Å²) in [5.41, 5.74) is -0.441. The van der Waals surface area contributed by atoms with Gasteiger partial charge in [0.1, 0.15) is 5.60 Å². The zero-order valence-electron chi connectivity index (χ0n) is 17.7. The van der Waals surface area contributed by atoms with E-state index in [-0.39, 0.29) is 18.2 Å². The molecule has 2 saturated carbocycles. The van der Waals surface area contributed by atoms with Crippen LogP contribution in [0.4, 0.5) is 0 Å². The van der Waals surface area contributed by atoms with Crippen molar-refractivity contribution in [2.24, 2.45) is 17.8 Å². The Kier molecular flexibility index (Phi) is 7.41. The van der Waals surface area contributed by atoms with Crippen LogP contribution >= 0.6 is 0 Å². The Morgan fingerprint density at radius 1 is 1.04 bits per heavy atom. The van der Waals surface area contributed by atoms with E-state index in [4.69, 9.17) is 9.47 Å². The molecule has 6 unspecified atom stereocenters. The number of rotatable bonds is 10. The van der Waals surface area contributed by atoms with Crippen molar-refractivity contribution in [2.45, 2.75) is 115 Å². The van der Waals surface area contributed by atoms with Crippen LogP contribution in [0, 0.1) is 17.8 Å². The van der Waals surface area contributed by atoms with E-state index in [0.29, 0.717) is 18.8 Å². The van der Waals surface area contributed by atoms with E-state index in [0.717, 1.165) is 25.7 Å². The fraction of sp³-hybridized carbons (Fsp3) is 0.913. The molecule has 1 aliphatic heterocycles. The fourth-order valence-corrected chi connectivity index (χ4v) is 5.39. The van der Waals surface area contributed by atoms with Crippen molar-refractivity contribution in [3.63, 3.8) is 0 Å². The number of fused-ring (bicyclic) bond motifs is 1. The molecule has 5 nitrogen and oxygen atoms in total. The summed E-state index contributed by atoms with van der Waals surface area (Å²) >= 11 is 0. The van der Waals surface area contributed by atoms with Crippen molar-refractivity contribution >= 4 is 11.9 Å². The number of carbonyl (C=O) groups is 2. The highest BCUT2D eigenvalue weighted by atomic mass is 16.6. The Hall–Kier alpha value is -1.10. The third-order valence-electron chi connectivity index (χ3n) is 7.35. The summed E-state index contributed by atoms with van der Waals surface area (Å²) < 4.78 is 11.6. The van der Waals surface area contributed by atoms with Gasteiger partial charge in [-0.3, -0.25) is 9.59 Å². The van der Waals surface area contributed by atoms with Crippen LogP contribution in [0.25, 0.3) is 0 Å². The average Bonchev–Trinajstić information content (AvgIpc) is 3.43. The van der Waals surface area contributed by atoms with Gasteiger partial charge in [-0.1, -0.05) is 51.9 Å². The molecule has 1 N–H and O–H groups in total. The van der Waals surface area contributed by atoms with Gasteiger partial charge < -0.3 is 14.6 Å². The molecule has 0 aromatic heterocycles. The lowest BCUT2D eigenvalue weighted by atomic mass is 9.73. The van der Waals surface area contributed by atoms with Crippen molar-refractivity contribution in [3.05, 3.63) is 0 Å². The van der Waals surface area contributed by atoms with E-state index in [1.165, 1.54) is 44.9 Å². The number of carboxylic acids is 1. The summed E-state index contributed by atoms with van der Waals surface area (Å²) in [6, 6.07) is 0. The molecule has 1 saturated heterocycles. The molecule has 0 radical (unpaired) electrons. The molecular weight excluding hydrogens is 356 g/mol. The Morgan fingerprint density at radius 2 is 1.71 bits per heavy atom. The molecule has 0 bridgehead atoms. The maximum absolute atomic E-state index is 13.0. The lowest BCUT2D eigenvalue weighted by molar-refractivity contribution is -0.179. The number of epoxide rings is 1. The van der Waals surface area contributed by atoms with Crippen LogP contribution in [0.5, 0.6) is 0 Å². The Morgan fingerprint density at radius 3 is 2.43 bits per heavy atom. The highest BCUT2D eigenvalue weighted by Crippen LogP contribution is 2.45. The Balaban J connectivity index is 1.54. The molecule has 3 fully saturated rings. The SMILES string of the molecule is CCCCCCCCC1CCCCC1(C)OC(=O)C1CC2OC2CC1C(=O)O. The number of ether oxygens (including phenoxy) is 2. The van der Waals surface area contributed by atoms with Crippen LogP contribution in [-0.2, 0) is 19.1 Å². The van der Waals surface area contributed by atoms with Crippen molar-refractivity contribution < 1.29 is 24.2 Å². The molecule has 5 heteroatoms. The van der Waals surface area contributed by atoms with E-state index in [9.17, 15) is 14.7 Å². The monoisotopic (exact) mass is 394 g/mol. The lowest BCUT2D eigenvalue weighted by Crippen LogP contribution is -2.46. The largest absolute Gasteiger partial charge is 0.481 e. The van der Waals surface area contributed by atoms with Crippen LogP contribution in [0.2, 0.25) is 0 Å². The van der Waals surface area contributed by atoms with Crippen molar-refractivity contribution in [1.82, 2.24) is 0 Å². The standard InChI is InChI=1S/C23H38O5/c1-3-4-5-6-7-8-11-16-12-9-10-13-23(16,2)28-22(26)18-15-20-19(27-20)14-17(18)21(24)25/h16-20H,3-15H2,1-2H3,(H,24,25). The third kappa shape index (κ3) is 5.28. The molecule has 3 rings (SSSR count). The van der Waals surface area contributed by atoms with Crippen molar-refractivity contribution in [3.8, 4) is 0 Å². The van der Waals surface area contributed by atoms with Gasteiger partial charge >= 0.3 is 11.9 Å². The van der Waals surface area contributed by atoms with Gasteiger partial charge in [-0.2, -0.15) is 0 Å². The molecule has 28 heavy (non-hydrogen) atoms. The van der Waals surface area contributed by atoms with Gasteiger partial charge in [-0.15, -0.1) is 0 Å². The molecular formula is C23H38O5. The third-order valence-corrected chi connectivity index (χ3v) is 7.35. The number of esters is 1. The van der Waals surface area contributed by atoms with E-state index < -0.39 is 23.4 Å². The summed E-state index contributed by atoms with van der Waals surface area (Å²) in [5, 5.41) is 9.56. The second-order valence-electron chi connectivity index (χ2n) is 9.47. The normalized spacial score (nSPS) is 37.1. The van der Waals surface area contributed by atoms with Crippen LogP contribution < -0.4 is 0 Å². The average molecular weight is 395 g/mol. The van der Waals surface area contributed by atoms with Crippen LogP contribution in [0.3, 0.4) is 0 Å². The van der Waals surface area contributed by atoms with Gasteiger partial charge in [0.05, 0.1) is 24.0 Å². The number of aliphatic carboxylic acids is 1. The predicted octanol–water partition coefficient (Wildman–Crippen LogP) is 5.11. The van der Waals surface area contributed by atoms with Gasteiger partial charge in [-0.25, -0.2) is 0 Å². The summed E-state index contributed by atoms with van der Waals surface area (Å²) in [7, 11) is 0. The fourth-order valence-electron chi connectivity index (χ4n) is 5.39. The van der Waals surface area contributed by atoms with Crippen molar-refractivity contribution in [1.29, 1.82) is 0 Å². The Bertz CT molecular complexity index is 547. The highest BCUT2D eigenvalue weighted by molar-refractivity contribution is 5.82. The summed E-state index contributed by atoms with van der Waals surface area (Å²) in [4.78, 5) is 24.7. The first-order valence-electron chi connectivity index (χ1n) is 11.6. The first kappa shape index (κ1) is 21.6. The van der Waals surface area contributed by atoms with Crippen molar-refractivity contribution in [2.75, 3.05) is 0 Å². The first-order valence-corrected chi connectivity index (χ1v) is 11.6. The quantitative estimate of drug-likeness (QED) is 0.317. The topological polar surface area (TPSA) is 76.1 Å². The Labute approximate surface area is 169 Å². The highest BCUT2D eigenvalue weighted by Gasteiger charge is 2.54. The minimum absolute atomic E-state index is 0.0378. The minimum Gasteiger partial charge on any atom is -0.481 e. The maximum Gasteiger partial charge on any atom is 0.310 e. The molecule has 3 aliphatic rings. The summed E-state index contributed by atoms with van der Waals surface area (Å²) in [5.74, 6) is -2.03. The van der Waals surface area contributed by atoms with Gasteiger partial charge in [0.15, 0.2) is 0 Å². The van der Waals surface area contributed by atoms with E-state index in [2.05, 4.69) is 13.8 Å². The molecule has 6 atom stereocenters. The van der Waals surface area contributed by atoms with Crippen LogP contribution in [0.15, 0.2) is 0 Å². The number of carbonyl (C=O) groups excluding carboxylic acids is 1. The van der Waals surface area contributed by atoms with Crippen LogP contribution in [-0.4, -0.2) is 34.9 Å². The summed E-state index contributed by atoms with van der Waals surface area (Å²) in [6.45, 7) is 4.32. The lowest BCUT2D eigenvalue weighted by Gasteiger charge is -2.42.